The van der Waals surface area contributed by atoms with Crippen LogP contribution in [0.4, 0.5) is 5.82 Å². The molecule has 54 valence electrons. The maximum absolute atomic E-state index is 5.52. The summed E-state index contributed by atoms with van der Waals surface area (Å²) >= 11 is 6.65. The Hall–Kier alpha value is -0.0900. The van der Waals surface area contributed by atoms with Crippen molar-refractivity contribution in [2.24, 2.45) is 0 Å². The lowest BCUT2D eigenvalue weighted by Crippen LogP contribution is -1.93. The van der Waals surface area contributed by atoms with E-state index in [1.165, 1.54) is 0 Å². The van der Waals surface area contributed by atoms with E-state index in [1.54, 1.807) is 6.20 Å². The molecule has 0 aliphatic rings. The molecular formula is C6H6Br2N2. The number of rotatable bonds is 1. The number of aromatic nitrogens is 1. The molecule has 0 radical (unpaired) electrons. The minimum Gasteiger partial charge on any atom is -0.383 e. The van der Waals surface area contributed by atoms with Gasteiger partial charge in [-0.1, -0.05) is 15.9 Å². The van der Waals surface area contributed by atoms with Crippen molar-refractivity contribution in [3.8, 4) is 0 Å². The molecule has 0 saturated carbocycles. The Morgan fingerprint density at radius 3 is 2.80 bits per heavy atom. The summed E-state index contributed by atoms with van der Waals surface area (Å²) in [7, 11) is 0. The SMILES string of the molecule is Nc1nccc(CBr)c1Br. The van der Waals surface area contributed by atoms with Gasteiger partial charge in [-0.15, -0.1) is 0 Å². The first kappa shape index (κ1) is 8.01. The van der Waals surface area contributed by atoms with Gasteiger partial charge in [-0.25, -0.2) is 4.98 Å². The van der Waals surface area contributed by atoms with E-state index in [-0.39, 0.29) is 0 Å². The summed E-state index contributed by atoms with van der Waals surface area (Å²) in [6.45, 7) is 0. The molecule has 2 nitrogen and oxygen atoms in total. The Labute approximate surface area is 76.1 Å². The number of nitrogens with zero attached hydrogens (tertiary/aromatic N) is 1. The number of anilines is 1. The van der Waals surface area contributed by atoms with Crippen LogP contribution in [0.15, 0.2) is 16.7 Å². The fraction of sp³-hybridized carbons (Fsp3) is 0.167. The highest BCUT2D eigenvalue weighted by molar-refractivity contribution is 9.11. The topological polar surface area (TPSA) is 38.9 Å². The lowest BCUT2D eigenvalue weighted by atomic mass is 10.3. The van der Waals surface area contributed by atoms with E-state index in [4.69, 9.17) is 5.73 Å². The first-order valence-electron chi connectivity index (χ1n) is 2.70. The van der Waals surface area contributed by atoms with Crippen LogP contribution in [-0.2, 0) is 5.33 Å². The molecule has 1 aromatic rings. The molecule has 0 amide bonds. The van der Waals surface area contributed by atoms with Gasteiger partial charge < -0.3 is 5.73 Å². The highest BCUT2D eigenvalue weighted by atomic mass is 79.9. The summed E-state index contributed by atoms with van der Waals surface area (Å²) in [6.07, 6.45) is 1.69. The third-order valence-corrected chi connectivity index (χ3v) is 2.66. The molecule has 10 heavy (non-hydrogen) atoms. The van der Waals surface area contributed by atoms with Gasteiger partial charge in [0.1, 0.15) is 5.82 Å². The highest BCUT2D eigenvalue weighted by Gasteiger charge is 2.00. The van der Waals surface area contributed by atoms with Gasteiger partial charge in [-0.3, -0.25) is 0 Å². The van der Waals surface area contributed by atoms with Crippen LogP contribution < -0.4 is 5.73 Å². The number of nitrogen functional groups attached to an aromatic ring is 1. The molecule has 0 unspecified atom stereocenters. The molecule has 0 bridgehead atoms. The summed E-state index contributed by atoms with van der Waals surface area (Å²) < 4.78 is 0.881. The molecule has 1 rings (SSSR count). The smallest absolute Gasteiger partial charge is 0.137 e. The summed E-state index contributed by atoms with van der Waals surface area (Å²) in [5.41, 5.74) is 6.64. The van der Waals surface area contributed by atoms with Gasteiger partial charge in [-0.2, -0.15) is 0 Å². The highest BCUT2D eigenvalue weighted by Crippen LogP contribution is 2.22. The van der Waals surface area contributed by atoms with E-state index >= 15 is 0 Å². The fourth-order valence-electron chi connectivity index (χ4n) is 0.605. The number of pyridine rings is 1. The molecule has 0 fully saturated rings. The molecule has 0 aromatic carbocycles. The quantitative estimate of drug-likeness (QED) is 0.792. The normalized spacial score (nSPS) is 9.80. The van der Waals surface area contributed by atoms with Crippen molar-refractivity contribution in [3.05, 3.63) is 22.3 Å². The third kappa shape index (κ3) is 1.49. The summed E-state index contributed by atoms with van der Waals surface area (Å²) in [5, 5.41) is 0.792. The van der Waals surface area contributed by atoms with E-state index in [0.717, 1.165) is 15.4 Å². The molecule has 1 heterocycles. The third-order valence-electron chi connectivity index (χ3n) is 1.14. The molecule has 0 spiro atoms. The zero-order valence-corrected chi connectivity index (χ0v) is 8.31. The number of nitrogens with two attached hydrogens (primary N) is 1. The summed E-state index contributed by atoms with van der Waals surface area (Å²) in [6, 6.07) is 1.91. The van der Waals surface area contributed by atoms with Gasteiger partial charge in [0.15, 0.2) is 0 Å². The average molecular weight is 266 g/mol. The predicted molar refractivity (Wildman–Crippen MR) is 49.0 cm³/mol. The fourth-order valence-corrected chi connectivity index (χ4v) is 1.82. The van der Waals surface area contributed by atoms with Crippen LogP contribution in [0.25, 0.3) is 0 Å². The molecule has 0 saturated heterocycles. The van der Waals surface area contributed by atoms with Crippen LogP contribution >= 0.6 is 31.9 Å². The van der Waals surface area contributed by atoms with Gasteiger partial charge in [-0.05, 0) is 27.6 Å². The summed E-state index contributed by atoms with van der Waals surface area (Å²) in [5.74, 6) is 0.539. The molecular weight excluding hydrogens is 260 g/mol. The van der Waals surface area contributed by atoms with E-state index in [2.05, 4.69) is 36.8 Å². The minimum absolute atomic E-state index is 0.539. The van der Waals surface area contributed by atoms with Crippen molar-refractivity contribution >= 4 is 37.7 Å². The Morgan fingerprint density at radius 2 is 2.30 bits per heavy atom. The summed E-state index contributed by atoms with van der Waals surface area (Å²) in [4.78, 5) is 3.90. The average Bonchev–Trinajstić information content (AvgIpc) is 1.95. The molecule has 1 aromatic heterocycles. The van der Waals surface area contributed by atoms with Crippen molar-refractivity contribution in [2.45, 2.75) is 5.33 Å². The van der Waals surface area contributed by atoms with Crippen LogP contribution in [-0.4, -0.2) is 4.98 Å². The first-order chi connectivity index (χ1) is 4.75. The largest absolute Gasteiger partial charge is 0.383 e. The molecule has 4 heteroatoms. The second-order valence-electron chi connectivity index (χ2n) is 1.80. The van der Waals surface area contributed by atoms with Gasteiger partial charge in [0.05, 0.1) is 4.47 Å². The predicted octanol–water partition coefficient (Wildman–Crippen LogP) is 2.32. The Kier molecular flexibility index (Phi) is 2.68. The Balaban J connectivity index is 3.14. The van der Waals surface area contributed by atoms with E-state index in [9.17, 15) is 0 Å². The number of hydrogen-bond acceptors (Lipinski definition) is 2. The maximum atomic E-state index is 5.52. The number of halogens is 2. The van der Waals surface area contributed by atoms with Crippen LogP contribution in [0.5, 0.6) is 0 Å². The van der Waals surface area contributed by atoms with E-state index in [0.29, 0.717) is 5.82 Å². The Bertz CT molecular complexity index is 237. The van der Waals surface area contributed by atoms with Crippen molar-refractivity contribution < 1.29 is 0 Å². The van der Waals surface area contributed by atoms with E-state index in [1.807, 2.05) is 6.07 Å². The zero-order chi connectivity index (χ0) is 7.56. The standard InChI is InChI=1S/C6H6Br2N2/c7-3-4-1-2-10-6(9)5(4)8/h1-2H,3H2,(H2,9,10). The first-order valence-corrected chi connectivity index (χ1v) is 4.62. The molecule has 2 N–H and O–H groups in total. The van der Waals surface area contributed by atoms with E-state index < -0.39 is 0 Å². The lowest BCUT2D eigenvalue weighted by Gasteiger charge is -2.00. The van der Waals surface area contributed by atoms with Crippen molar-refractivity contribution in [1.82, 2.24) is 4.98 Å². The van der Waals surface area contributed by atoms with Gasteiger partial charge in [0.2, 0.25) is 0 Å². The maximum Gasteiger partial charge on any atom is 0.137 e. The molecule has 0 aliphatic heterocycles. The number of hydrogen-bond donors (Lipinski definition) is 1. The minimum atomic E-state index is 0.539. The lowest BCUT2D eigenvalue weighted by molar-refractivity contribution is 1.26. The molecule has 0 atom stereocenters. The molecule has 0 aliphatic carbocycles. The van der Waals surface area contributed by atoms with Crippen LogP contribution in [0.2, 0.25) is 0 Å². The zero-order valence-electron chi connectivity index (χ0n) is 5.14. The second-order valence-corrected chi connectivity index (χ2v) is 3.16. The van der Waals surface area contributed by atoms with Gasteiger partial charge in [0, 0.05) is 11.5 Å². The second kappa shape index (κ2) is 3.34. The van der Waals surface area contributed by atoms with Gasteiger partial charge in [0.25, 0.3) is 0 Å². The van der Waals surface area contributed by atoms with Crippen LogP contribution in [0.1, 0.15) is 5.56 Å². The van der Waals surface area contributed by atoms with Gasteiger partial charge >= 0.3 is 0 Å². The van der Waals surface area contributed by atoms with Crippen LogP contribution in [0, 0.1) is 0 Å². The monoisotopic (exact) mass is 264 g/mol. The van der Waals surface area contributed by atoms with Crippen molar-refractivity contribution in [1.29, 1.82) is 0 Å². The van der Waals surface area contributed by atoms with Crippen LogP contribution in [0.3, 0.4) is 0 Å². The van der Waals surface area contributed by atoms with Crippen molar-refractivity contribution in [3.63, 3.8) is 0 Å². The Morgan fingerprint density at radius 1 is 1.60 bits per heavy atom. The van der Waals surface area contributed by atoms with Crippen molar-refractivity contribution in [2.75, 3.05) is 5.73 Å². The number of alkyl halides is 1.